The molecule has 6 heteroatoms. The molecule has 2 heterocycles. The van der Waals surface area contributed by atoms with Gasteiger partial charge in [0, 0.05) is 12.0 Å². The van der Waals surface area contributed by atoms with Gasteiger partial charge in [-0.2, -0.15) is 0 Å². The average Bonchev–Trinajstić information content (AvgIpc) is 3.55. The van der Waals surface area contributed by atoms with Crippen molar-refractivity contribution in [2.45, 2.75) is 51.2 Å². The molecule has 6 nitrogen and oxygen atoms in total. The molecule has 27 heavy (non-hydrogen) atoms. The van der Waals surface area contributed by atoms with Gasteiger partial charge in [0.1, 0.15) is 18.1 Å². The maximum absolute atomic E-state index is 13.0. The van der Waals surface area contributed by atoms with Gasteiger partial charge in [-0.15, -0.1) is 0 Å². The Morgan fingerprint density at radius 1 is 1.26 bits per heavy atom. The zero-order valence-electron chi connectivity index (χ0n) is 15.4. The van der Waals surface area contributed by atoms with Crippen LogP contribution in [0, 0.1) is 5.92 Å². The number of fused-ring (bicyclic) bond motifs is 1. The van der Waals surface area contributed by atoms with Crippen LogP contribution in [0.1, 0.15) is 43.6 Å². The lowest BCUT2D eigenvalue weighted by Crippen LogP contribution is -2.37. The first-order valence-corrected chi connectivity index (χ1v) is 9.66. The summed E-state index contributed by atoms with van der Waals surface area (Å²) in [6, 6.07) is 11.7. The van der Waals surface area contributed by atoms with Gasteiger partial charge in [0.2, 0.25) is 5.91 Å². The molecule has 0 radical (unpaired) electrons. The molecule has 0 saturated heterocycles. The fourth-order valence-corrected chi connectivity index (χ4v) is 3.86. The third kappa shape index (κ3) is 3.09. The number of H-pyrrole nitrogens is 1. The summed E-state index contributed by atoms with van der Waals surface area (Å²) < 4.78 is 7.52. The molecule has 2 fully saturated rings. The summed E-state index contributed by atoms with van der Waals surface area (Å²) in [5.74, 6) is 3.05. The summed E-state index contributed by atoms with van der Waals surface area (Å²) in [5, 5.41) is 0. The molecule has 2 saturated carbocycles. The summed E-state index contributed by atoms with van der Waals surface area (Å²) in [6.45, 7) is 2.75. The Kier molecular flexibility index (Phi) is 3.74. The Hall–Kier alpha value is -2.76. The van der Waals surface area contributed by atoms with Crippen molar-refractivity contribution >= 4 is 16.9 Å². The van der Waals surface area contributed by atoms with E-state index >= 15 is 0 Å². The van der Waals surface area contributed by atoms with Crippen LogP contribution in [-0.4, -0.2) is 26.4 Å². The number of imidazole rings is 1. The number of carbonyl (C=O) groups is 1. The topological polar surface area (TPSA) is 71.2 Å². The predicted molar refractivity (Wildman–Crippen MR) is 101 cm³/mol. The Bertz CT molecular complexity index is 1060. The van der Waals surface area contributed by atoms with Crippen LogP contribution >= 0.6 is 0 Å². The number of nitrogens with one attached hydrogen (secondary N) is 1. The van der Waals surface area contributed by atoms with Gasteiger partial charge in [0.25, 0.3) is 0 Å². The van der Waals surface area contributed by atoms with Crippen molar-refractivity contribution < 1.29 is 9.21 Å². The van der Waals surface area contributed by atoms with Crippen LogP contribution in [0.3, 0.4) is 0 Å². The lowest BCUT2D eigenvalue weighted by atomic mass is 10.3. The van der Waals surface area contributed by atoms with Crippen molar-refractivity contribution in [3.8, 4) is 0 Å². The molecular weight excluding hydrogens is 342 g/mol. The first kappa shape index (κ1) is 16.4. The normalized spacial score (nSPS) is 21.5. The summed E-state index contributed by atoms with van der Waals surface area (Å²) in [5.41, 5.74) is 1.26. The molecule has 3 aromatic rings. The Labute approximate surface area is 156 Å². The maximum atomic E-state index is 13.0. The largest absolute Gasteiger partial charge is 0.464 e. The minimum atomic E-state index is -0.247. The fourth-order valence-electron chi connectivity index (χ4n) is 3.86. The summed E-state index contributed by atoms with van der Waals surface area (Å²) >= 11 is 0. The van der Waals surface area contributed by atoms with Gasteiger partial charge in [-0.3, -0.25) is 9.36 Å². The minimum Gasteiger partial charge on any atom is -0.464 e. The average molecular weight is 365 g/mol. The monoisotopic (exact) mass is 365 g/mol. The van der Waals surface area contributed by atoms with Crippen LogP contribution in [0.15, 0.2) is 45.6 Å². The van der Waals surface area contributed by atoms with Crippen molar-refractivity contribution in [1.82, 2.24) is 14.5 Å². The smallest absolute Gasteiger partial charge is 0.326 e. The van der Waals surface area contributed by atoms with E-state index < -0.39 is 0 Å². The Morgan fingerprint density at radius 3 is 2.78 bits per heavy atom. The van der Waals surface area contributed by atoms with Crippen molar-refractivity contribution in [3.63, 3.8) is 0 Å². The standard InChI is InChI=1S/C21H23N3O3/c1-13-10-16(13)19-9-8-15(27-19)11-23(14-6-7-14)20(25)12-24-18-5-3-2-4-17(18)22-21(24)26/h2-5,8-9,13-14,16H,6-7,10-12H2,1H3,(H,22,26). The van der Waals surface area contributed by atoms with E-state index in [0.717, 1.165) is 35.4 Å². The van der Waals surface area contributed by atoms with Crippen molar-refractivity contribution in [2.75, 3.05) is 0 Å². The second kappa shape index (κ2) is 6.15. The van der Waals surface area contributed by atoms with Gasteiger partial charge >= 0.3 is 5.69 Å². The molecule has 140 valence electrons. The number of para-hydroxylation sites is 2. The van der Waals surface area contributed by atoms with E-state index in [1.807, 2.05) is 41.3 Å². The van der Waals surface area contributed by atoms with E-state index in [4.69, 9.17) is 4.42 Å². The highest BCUT2D eigenvalue weighted by Gasteiger charge is 2.37. The van der Waals surface area contributed by atoms with Gasteiger partial charge in [0.15, 0.2) is 0 Å². The van der Waals surface area contributed by atoms with Crippen LogP contribution < -0.4 is 5.69 Å². The molecule has 1 N–H and O–H groups in total. The van der Waals surface area contributed by atoms with E-state index in [2.05, 4.69) is 11.9 Å². The Morgan fingerprint density at radius 2 is 2.04 bits per heavy atom. The van der Waals surface area contributed by atoms with Crippen molar-refractivity contribution in [2.24, 2.45) is 5.92 Å². The number of rotatable bonds is 6. The van der Waals surface area contributed by atoms with E-state index in [0.29, 0.717) is 18.4 Å². The predicted octanol–water partition coefficient (Wildman–Crippen LogP) is 3.24. The number of hydrogen-bond donors (Lipinski definition) is 1. The summed E-state index contributed by atoms with van der Waals surface area (Å²) in [7, 11) is 0. The first-order valence-electron chi connectivity index (χ1n) is 9.66. The molecule has 2 unspecified atom stereocenters. The third-order valence-corrected chi connectivity index (χ3v) is 5.77. The molecule has 0 bridgehead atoms. The number of nitrogens with zero attached hydrogens (tertiary/aromatic N) is 2. The number of hydrogen-bond acceptors (Lipinski definition) is 3. The molecule has 2 aromatic heterocycles. The highest BCUT2D eigenvalue weighted by molar-refractivity contribution is 5.81. The molecule has 2 aliphatic carbocycles. The zero-order valence-corrected chi connectivity index (χ0v) is 15.4. The number of furan rings is 1. The molecule has 2 atom stereocenters. The molecule has 2 aliphatic rings. The van der Waals surface area contributed by atoms with E-state index in [1.54, 1.807) is 0 Å². The number of aromatic nitrogens is 2. The Balaban J connectivity index is 1.35. The zero-order chi connectivity index (χ0) is 18.5. The van der Waals surface area contributed by atoms with Crippen molar-refractivity contribution in [3.05, 3.63) is 58.4 Å². The third-order valence-electron chi connectivity index (χ3n) is 5.77. The quantitative estimate of drug-likeness (QED) is 0.729. The van der Waals surface area contributed by atoms with E-state index in [9.17, 15) is 9.59 Å². The number of benzene rings is 1. The summed E-state index contributed by atoms with van der Waals surface area (Å²) in [6.07, 6.45) is 3.21. The van der Waals surface area contributed by atoms with Gasteiger partial charge in [-0.1, -0.05) is 19.1 Å². The minimum absolute atomic E-state index is 0.0397. The van der Waals surface area contributed by atoms with Crippen LogP contribution in [-0.2, 0) is 17.9 Å². The van der Waals surface area contributed by atoms with Crippen LogP contribution in [0.2, 0.25) is 0 Å². The van der Waals surface area contributed by atoms with Crippen LogP contribution in [0.4, 0.5) is 0 Å². The molecule has 5 rings (SSSR count). The van der Waals surface area contributed by atoms with Crippen LogP contribution in [0.5, 0.6) is 0 Å². The number of amides is 1. The lowest BCUT2D eigenvalue weighted by molar-refractivity contribution is -0.133. The van der Waals surface area contributed by atoms with Crippen LogP contribution in [0.25, 0.3) is 11.0 Å². The van der Waals surface area contributed by atoms with Gasteiger partial charge in [-0.25, -0.2) is 4.79 Å². The SMILES string of the molecule is CC1CC1c1ccc(CN(C(=O)Cn2c(=O)[nH]c3ccccc32)C2CC2)o1. The molecule has 0 aliphatic heterocycles. The lowest BCUT2D eigenvalue weighted by Gasteiger charge is -2.21. The van der Waals surface area contributed by atoms with E-state index in [-0.39, 0.29) is 24.2 Å². The maximum Gasteiger partial charge on any atom is 0.326 e. The molecule has 1 amide bonds. The molecule has 1 aromatic carbocycles. The highest BCUT2D eigenvalue weighted by Crippen LogP contribution is 2.47. The molecule has 0 spiro atoms. The van der Waals surface area contributed by atoms with E-state index in [1.165, 1.54) is 11.0 Å². The highest BCUT2D eigenvalue weighted by atomic mass is 16.3. The van der Waals surface area contributed by atoms with Gasteiger partial charge in [-0.05, 0) is 49.4 Å². The van der Waals surface area contributed by atoms with Crippen molar-refractivity contribution in [1.29, 1.82) is 0 Å². The summed E-state index contributed by atoms with van der Waals surface area (Å²) in [4.78, 5) is 30.0. The van der Waals surface area contributed by atoms with Gasteiger partial charge in [0.05, 0.1) is 17.6 Å². The number of carbonyl (C=O) groups excluding carboxylic acids is 1. The number of aromatic amines is 1. The second-order valence-electron chi connectivity index (χ2n) is 7.91. The molecular formula is C21H23N3O3. The first-order chi connectivity index (χ1) is 13.1. The van der Waals surface area contributed by atoms with Gasteiger partial charge < -0.3 is 14.3 Å². The second-order valence-corrected chi connectivity index (χ2v) is 7.91. The fraction of sp³-hybridized carbons (Fsp3) is 0.429.